The average Bonchev–Trinajstić information content (AvgIpc) is 2.76. The van der Waals surface area contributed by atoms with Crippen molar-refractivity contribution in [3.8, 4) is 11.3 Å². The molecule has 2 aromatic heterocycles. The second-order valence-corrected chi connectivity index (χ2v) is 7.86. The van der Waals surface area contributed by atoms with Crippen LogP contribution in [0.15, 0.2) is 59.7 Å². The number of morpholine rings is 1. The zero-order chi connectivity index (χ0) is 21.1. The summed E-state index contributed by atoms with van der Waals surface area (Å²) in [4.78, 5) is 25.8. The fourth-order valence-electron chi connectivity index (χ4n) is 3.77. The van der Waals surface area contributed by atoms with Crippen molar-refractivity contribution in [2.45, 2.75) is 12.6 Å². The van der Waals surface area contributed by atoms with Gasteiger partial charge < -0.3 is 14.5 Å². The van der Waals surface area contributed by atoms with Gasteiger partial charge in [-0.3, -0.25) is 14.3 Å². The SMILES string of the molecule is CN(C)Cc1cccc(C2CN(c3nc(-c4ccncc4)cc(=O)n3C)CCO2)c1. The summed E-state index contributed by atoms with van der Waals surface area (Å²) in [6, 6.07) is 13.8. The molecule has 1 fully saturated rings. The van der Waals surface area contributed by atoms with Crippen LogP contribution in [0, 0.1) is 0 Å². The fourth-order valence-corrected chi connectivity index (χ4v) is 3.77. The van der Waals surface area contributed by atoms with Gasteiger partial charge in [0, 0.05) is 44.2 Å². The van der Waals surface area contributed by atoms with E-state index in [2.05, 4.69) is 53.1 Å². The summed E-state index contributed by atoms with van der Waals surface area (Å²) in [5, 5.41) is 0. The molecule has 1 saturated heterocycles. The summed E-state index contributed by atoms with van der Waals surface area (Å²) in [5.41, 5.74) is 3.86. The third kappa shape index (κ3) is 4.42. The van der Waals surface area contributed by atoms with Crippen molar-refractivity contribution in [2.24, 2.45) is 7.05 Å². The predicted octanol–water partition coefficient (Wildman–Crippen LogP) is 2.48. The molecule has 0 amide bonds. The average molecular weight is 406 g/mol. The van der Waals surface area contributed by atoms with Crippen LogP contribution in [0.1, 0.15) is 17.2 Å². The molecule has 4 rings (SSSR count). The molecule has 0 N–H and O–H groups in total. The van der Waals surface area contributed by atoms with Crippen LogP contribution >= 0.6 is 0 Å². The quantitative estimate of drug-likeness (QED) is 0.650. The highest BCUT2D eigenvalue weighted by atomic mass is 16.5. The fraction of sp³-hybridized carbons (Fsp3) is 0.348. The van der Waals surface area contributed by atoms with Gasteiger partial charge in [0.15, 0.2) is 0 Å². The zero-order valence-corrected chi connectivity index (χ0v) is 17.7. The Balaban J connectivity index is 1.62. The molecule has 7 nitrogen and oxygen atoms in total. The molecule has 1 unspecified atom stereocenters. The second kappa shape index (κ2) is 8.77. The predicted molar refractivity (Wildman–Crippen MR) is 117 cm³/mol. The first-order valence-corrected chi connectivity index (χ1v) is 10.1. The van der Waals surface area contributed by atoms with Crippen LogP contribution in [0.2, 0.25) is 0 Å². The zero-order valence-electron chi connectivity index (χ0n) is 17.7. The van der Waals surface area contributed by atoms with Gasteiger partial charge in [-0.25, -0.2) is 4.98 Å². The van der Waals surface area contributed by atoms with E-state index in [0.717, 1.165) is 17.7 Å². The van der Waals surface area contributed by atoms with E-state index in [9.17, 15) is 4.79 Å². The first-order chi connectivity index (χ1) is 14.5. The van der Waals surface area contributed by atoms with Crippen molar-refractivity contribution in [1.29, 1.82) is 0 Å². The summed E-state index contributed by atoms with van der Waals surface area (Å²) in [7, 11) is 5.89. The molecule has 0 saturated carbocycles. The first kappa shape index (κ1) is 20.3. The Kier molecular flexibility index (Phi) is 5.92. The van der Waals surface area contributed by atoms with Crippen LogP contribution in [0.3, 0.4) is 0 Å². The number of benzene rings is 1. The van der Waals surface area contributed by atoms with Gasteiger partial charge in [0.05, 0.1) is 18.8 Å². The topological polar surface area (TPSA) is 63.5 Å². The molecular formula is C23H27N5O2. The van der Waals surface area contributed by atoms with Crippen molar-refractivity contribution < 1.29 is 4.74 Å². The summed E-state index contributed by atoms with van der Waals surface area (Å²) >= 11 is 0. The van der Waals surface area contributed by atoms with Gasteiger partial charge in [0.1, 0.15) is 6.10 Å². The number of rotatable bonds is 5. The van der Waals surface area contributed by atoms with Gasteiger partial charge >= 0.3 is 0 Å². The van der Waals surface area contributed by atoms with Crippen LogP contribution in [-0.4, -0.2) is 53.2 Å². The third-order valence-corrected chi connectivity index (χ3v) is 5.26. The van der Waals surface area contributed by atoms with Crippen LogP contribution in [0.25, 0.3) is 11.3 Å². The molecule has 1 aliphatic heterocycles. The van der Waals surface area contributed by atoms with Gasteiger partial charge in [-0.1, -0.05) is 24.3 Å². The Hall–Kier alpha value is -3.03. The summed E-state index contributed by atoms with van der Waals surface area (Å²) in [5.74, 6) is 0.659. The van der Waals surface area contributed by atoms with Crippen LogP contribution < -0.4 is 10.5 Å². The lowest BCUT2D eigenvalue weighted by Crippen LogP contribution is -2.41. The highest BCUT2D eigenvalue weighted by molar-refractivity contribution is 5.59. The normalized spacial score (nSPS) is 16.8. The number of nitrogens with zero attached hydrogens (tertiary/aromatic N) is 5. The van der Waals surface area contributed by atoms with Crippen LogP contribution in [0.5, 0.6) is 0 Å². The lowest BCUT2D eigenvalue weighted by molar-refractivity contribution is 0.0389. The minimum absolute atomic E-state index is 0.0673. The van der Waals surface area contributed by atoms with E-state index >= 15 is 0 Å². The molecule has 0 spiro atoms. The molecular weight excluding hydrogens is 378 g/mol. The monoisotopic (exact) mass is 405 g/mol. The van der Waals surface area contributed by atoms with E-state index in [1.54, 1.807) is 30.1 Å². The Morgan fingerprint density at radius 3 is 2.73 bits per heavy atom. The Morgan fingerprint density at radius 1 is 1.17 bits per heavy atom. The molecule has 3 aromatic rings. The maximum atomic E-state index is 12.6. The van der Waals surface area contributed by atoms with E-state index in [-0.39, 0.29) is 11.7 Å². The van der Waals surface area contributed by atoms with Gasteiger partial charge in [-0.05, 0) is 37.4 Å². The molecule has 156 valence electrons. The molecule has 1 aliphatic rings. The first-order valence-electron chi connectivity index (χ1n) is 10.1. The van der Waals surface area contributed by atoms with E-state index in [1.807, 2.05) is 12.1 Å². The van der Waals surface area contributed by atoms with Gasteiger partial charge in [-0.15, -0.1) is 0 Å². The molecule has 30 heavy (non-hydrogen) atoms. The molecule has 3 heterocycles. The van der Waals surface area contributed by atoms with E-state index < -0.39 is 0 Å². The van der Waals surface area contributed by atoms with Crippen molar-refractivity contribution in [1.82, 2.24) is 19.4 Å². The Labute approximate surface area is 176 Å². The van der Waals surface area contributed by atoms with Crippen LogP contribution in [0.4, 0.5) is 5.95 Å². The Morgan fingerprint density at radius 2 is 1.97 bits per heavy atom. The molecule has 1 atom stereocenters. The lowest BCUT2D eigenvalue weighted by atomic mass is 10.0. The Bertz CT molecular complexity index is 1060. The maximum absolute atomic E-state index is 12.6. The third-order valence-electron chi connectivity index (χ3n) is 5.26. The molecule has 0 bridgehead atoms. The van der Waals surface area contributed by atoms with Crippen molar-refractivity contribution in [2.75, 3.05) is 38.7 Å². The molecule has 0 radical (unpaired) electrons. The number of aromatic nitrogens is 3. The molecule has 0 aliphatic carbocycles. The van der Waals surface area contributed by atoms with E-state index in [1.165, 1.54) is 5.56 Å². The molecule has 1 aromatic carbocycles. The largest absolute Gasteiger partial charge is 0.370 e. The second-order valence-electron chi connectivity index (χ2n) is 7.86. The van der Waals surface area contributed by atoms with E-state index in [4.69, 9.17) is 9.72 Å². The van der Waals surface area contributed by atoms with Crippen LogP contribution in [-0.2, 0) is 18.3 Å². The van der Waals surface area contributed by atoms with E-state index in [0.29, 0.717) is 31.3 Å². The number of ether oxygens (including phenoxy) is 1. The van der Waals surface area contributed by atoms with Crippen molar-refractivity contribution in [3.63, 3.8) is 0 Å². The smallest absolute Gasteiger partial charge is 0.255 e. The van der Waals surface area contributed by atoms with Crippen molar-refractivity contribution >= 4 is 5.95 Å². The summed E-state index contributed by atoms with van der Waals surface area (Å²) < 4.78 is 7.69. The number of anilines is 1. The van der Waals surface area contributed by atoms with Gasteiger partial charge in [0.25, 0.3) is 5.56 Å². The maximum Gasteiger partial charge on any atom is 0.255 e. The van der Waals surface area contributed by atoms with Gasteiger partial charge in [-0.2, -0.15) is 0 Å². The minimum Gasteiger partial charge on any atom is -0.370 e. The minimum atomic E-state index is -0.0807. The lowest BCUT2D eigenvalue weighted by Gasteiger charge is -2.34. The molecule has 7 heteroatoms. The summed E-state index contributed by atoms with van der Waals surface area (Å²) in [6.07, 6.45) is 3.35. The number of hydrogen-bond donors (Lipinski definition) is 0. The number of hydrogen-bond acceptors (Lipinski definition) is 6. The highest BCUT2D eigenvalue weighted by Crippen LogP contribution is 2.26. The number of pyridine rings is 1. The van der Waals surface area contributed by atoms with Gasteiger partial charge in [0.2, 0.25) is 5.95 Å². The highest BCUT2D eigenvalue weighted by Gasteiger charge is 2.25. The van der Waals surface area contributed by atoms with Crippen molar-refractivity contribution in [3.05, 3.63) is 76.3 Å². The summed E-state index contributed by atoms with van der Waals surface area (Å²) in [6.45, 7) is 2.80. The standard InChI is InChI=1S/C23H27N5O2/c1-26(2)15-17-5-4-6-19(13-17)21-16-28(11-12-30-21)23-25-20(14-22(29)27(23)3)18-7-9-24-10-8-18/h4-10,13-14,21H,11-12,15-16H2,1-3H3.